The van der Waals surface area contributed by atoms with E-state index in [1.165, 1.54) is 0 Å². The molecule has 0 spiro atoms. The number of likely N-dealkylation sites (N-methyl/N-ethyl adjacent to an activating group) is 1. The molecule has 5 nitrogen and oxygen atoms in total. The first kappa shape index (κ1) is 18.6. The van der Waals surface area contributed by atoms with Crippen molar-refractivity contribution in [3.63, 3.8) is 0 Å². The standard InChI is InChI=1S/C13H27N3O2.ClH/c1-16(2)7-9-18-8-6-15-13(17)11-4-3-5-12(14)10-11;/h11-12H,3-10,14H2,1-2H3,(H,15,17);1H. The molecular weight excluding hydrogens is 266 g/mol. The zero-order valence-electron chi connectivity index (χ0n) is 12.1. The van der Waals surface area contributed by atoms with Gasteiger partial charge in [-0.25, -0.2) is 0 Å². The molecule has 0 aliphatic heterocycles. The van der Waals surface area contributed by atoms with E-state index in [0.717, 1.165) is 32.2 Å². The highest BCUT2D eigenvalue weighted by Gasteiger charge is 2.24. The van der Waals surface area contributed by atoms with E-state index in [-0.39, 0.29) is 30.3 Å². The Balaban J connectivity index is 0.00000324. The fraction of sp³-hybridized carbons (Fsp3) is 0.923. The van der Waals surface area contributed by atoms with Crippen LogP contribution in [0, 0.1) is 5.92 Å². The summed E-state index contributed by atoms with van der Waals surface area (Å²) in [6, 6.07) is 0.200. The second-order valence-electron chi connectivity index (χ2n) is 5.33. The molecule has 0 aromatic rings. The van der Waals surface area contributed by atoms with E-state index < -0.39 is 0 Å². The van der Waals surface area contributed by atoms with Crippen LogP contribution in [0.1, 0.15) is 25.7 Å². The first-order valence-corrected chi connectivity index (χ1v) is 6.85. The summed E-state index contributed by atoms with van der Waals surface area (Å²) in [6.07, 6.45) is 3.92. The molecule has 0 radical (unpaired) electrons. The van der Waals surface area contributed by atoms with Gasteiger partial charge in [0.15, 0.2) is 0 Å². The molecule has 0 saturated heterocycles. The summed E-state index contributed by atoms with van der Waals surface area (Å²) >= 11 is 0. The van der Waals surface area contributed by atoms with Crippen LogP contribution in [-0.2, 0) is 9.53 Å². The zero-order valence-corrected chi connectivity index (χ0v) is 12.9. The molecule has 2 atom stereocenters. The molecule has 114 valence electrons. The van der Waals surface area contributed by atoms with E-state index in [9.17, 15) is 4.79 Å². The summed E-state index contributed by atoms with van der Waals surface area (Å²) in [5.74, 6) is 0.247. The number of nitrogens with two attached hydrogens (primary N) is 1. The second-order valence-corrected chi connectivity index (χ2v) is 5.33. The predicted octanol–water partition coefficient (Wildman–Crippen LogP) is 0.620. The highest BCUT2D eigenvalue weighted by molar-refractivity contribution is 5.85. The number of nitrogens with one attached hydrogen (secondary N) is 1. The van der Waals surface area contributed by atoms with Gasteiger partial charge in [0.25, 0.3) is 0 Å². The number of halogens is 1. The summed E-state index contributed by atoms with van der Waals surface area (Å²) in [5.41, 5.74) is 5.88. The molecule has 0 aromatic heterocycles. The van der Waals surface area contributed by atoms with Crippen molar-refractivity contribution in [3.8, 4) is 0 Å². The quantitative estimate of drug-likeness (QED) is 0.675. The molecule has 1 aliphatic carbocycles. The minimum absolute atomic E-state index is 0. The lowest BCUT2D eigenvalue weighted by atomic mass is 9.85. The van der Waals surface area contributed by atoms with Gasteiger partial charge < -0.3 is 20.7 Å². The van der Waals surface area contributed by atoms with Crippen LogP contribution in [-0.4, -0.2) is 57.2 Å². The van der Waals surface area contributed by atoms with Gasteiger partial charge in [0, 0.05) is 25.0 Å². The van der Waals surface area contributed by atoms with E-state index >= 15 is 0 Å². The van der Waals surface area contributed by atoms with Crippen LogP contribution in [0.5, 0.6) is 0 Å². The molecule has 2 unspecified atom stereocenters. The summed E-state index contributed by atoms with van der Waals surface area (Å²) in [5, 5.41) is 2.93. The van der Waals surface area contributed by atoms with E-state index in [0.29, 0.717) is 19.8 Å². The van der Waals surface area contributed by atoms with Crippen molar-refractivity contribution in [3.05, 3.63) is 0 Å². The largest absolute Gasteiger partial charge is 0.378 e. The Morgan fingerprint density at radius 3 is 2.74 bits per heavy atom. The van der Waals surface area contributed by atoms with E-state index in [1.54, 1.807) is 0 Å². The third-order valence-corrected chi connectivity index (χ3v) is 3.31. The molecule has 0 heterocycles. The lowest BCUT2D eigenvalue weighted by molar-refractivity contribution is -0.126. The van der Waals surface area contributed by atoms with Gasteiger partial charge in [-0.1, -0.05) is 6.42 Å². The molecule has 1 fully saturated rings. The molecule has 19 heavy (non-hydrogen) atoms. The van der Waals surface area contributed by atoms with Crippen molar-refractivity contribution < 1.29 is 9.53 Å². The van der Waals surface area contributed by atoms with Crippen molar-refractivity contribution >= 4 is 18.3 Å². The van der Waals surface area contributed by atoms with Crippen molar-refractivity contribution in [2.24, 2.45) is 11.7 Å². The summed E-state index contributed by atoms with van der Waals surface area (Å²) in [4.78, 5) is 13.9. The number of carbonyl (C=O) groups is 1. The normalized spacial score (nSPS) is 22.9. The summed E-state index contributed by atoms with van der Waals surface area (Å²) < 4.78 is 5.42. The number of rotatable bonds is 7. The molecule has 0 aromatic carbocycles. The Labute approximate surface area is 122 Å². The number of hydrogen-bond acceptors (Lipinski definition) is 4. The maximum atomic E-state index is 11.9. The van der Waals surface area contributed by atoms with Gasteiger partial charge >= 0.3 is 0 Å². The van der Waals surface area contributed by atoms with E-state index in [1.807, 2.05) is 14.1 Å². The number of hydrogen-bond donors (Lipinski definition) is 2. The highest BCUT2D eigenvalue weighted by atomic mass is 35.5. The Bertz CT molecular complexity index is 252. The fourth-order valence-electron chi connectivity index (χ4n) is 2.21. The van der Waals surface area contributed by atoms with Gasteiger partial charge in [-0.15, -0.1) is 12.4 Å². The fourth-order valence-corrected chi connectivity index (χ4v) is 2.21. The Hall–Kier alpha value is -0.360. The van der Waals surface area contributed by atoms with Crippen LogP contribution in [0.2, 0.25) is 0 Å². The maximum Gasteiger partial charge on any atom is 0.223 e. The van der Waals surface area contributed by atoms with Crippen LogP contribution in [0.4, 0.5) is 0 Å². The molecule has 1 amide bonds. The molecular formula is C13H28ClN3O2. The average Bonchev–Trinajstić information content (AvgIpc) is 2.33. The second kappa shape index (κ2) is 10.4. The maximum absolute atomic E-state index is 11.9. The summed E-state index contributed by atoms with van der Waals surface area (Å²) in [7, 11) is 4.02. The highest BCUT2D eigenvalue weighted by Crippen LogP contribution is 2.22. The van der Waals surface area contributed by atoms with Crippen LogP contribution in [0.15, 0.2) is 0 Å². The Morgan fingerprint density at radius 2 is 2.11 bits per heavy atom. The van der Waals surface area contributed by atoms with Crippen molar-refractivity contribution in [1.29, 1.82) is 0 Å². The van der Waals surface area contributed by atoms with Gasteiger partial charge in [0.1, 0.15) is 0 Å². The van der Waals surface area contributed by atoms with E-state index in [2.05, 4.69) is 10.2 Å². The molecule has 1 aliphatic rings. The first-order valence-electron chi connectivity index (χ1n) is 6.85. The van der Waals surface area contributed by atoms with Crippen LogP contribution >= 0.6 is 12.4 Å². The van der Waals surface area contributed by atoms with Crippen LogP contribution < -0.4 is 11.1 Å². The average molecular weight is 294 g/mol. The topological polar surface area (TPSA) is 67.6 Å². The number of amides is 1. The monoisotopic (exact) mass is 293 g/mol. The predicted molar refractivity (Wildman–Crippen MR) is 79.6 cm³/mol. The molecule has 1 saturated carbocycles. The van der Waals surface area contributed by atoms with Crippen molar-refractivity contribution in [2.45, 2.75) is 31.7 Å². The van der Waals surface area contributed by atoms with Gasteiger partial charge in [-0.2, -0.15) is 0 Å². The van der Waals surface area contributed by atoms with Gasteiger partial charge in [0.2, 0.25) is 5.91 Å². The third-order valence-electron chi connectivity index (χ3n) is 3.31. The number of carbonyl (C=O) groups excluding carboxylic acids is 1. The lowest BCUT2D eigenvalue weighted by Gasteiger charge is -2.25. The smallest absolute Gasteiger partial charge is 0.223 e. The Morgan fingerprint density at radius 1 is 1.37 bits per heavy atom. The Kier molecular flexibility index (Phi) is 10.2. The van der Waals surface area contributed by atoms with Crippen molar-refractivity contribution in [1.82, 2.24) is 10.2 Å². The third kappa shape index (κ3) is 8.42. The van der Waals surface area contributed by atoms with Crippen LogP contribution in [0.3, 0.4) is 0 Å². The SMILES string of the molecule is CN(C)CCOCCNC(=O)C1CCCC(N)C1.Cl. The minimum Gasteiger partial charge on any atom is -0.378 e. The first-order chi connectivity index (χ1) is 8.59. The van der Waals surface area contributed by atoms with Gasteiger partial charge in [-0.05, 0) is 33.4 Å². The molecule has 6 heteroatoms. The van der Waals surface area contributed by atoms with Crippen LogP contribution in [0.25, 0.3) is 0 Å². The van der Waals surface area contributed by atoms with Crippen molar-refractivity contribution in [2.75, 3.05) is 40.4 Å². The minimum atomic E-state index is 0. The van der Waals surface area contributed by atoms with Gasteiger partial charge in [-0.3, -0.25) is 4.79 Å². The lowest BCUT2D eigenvalue weighted by Crippen LogP contribution is -2.39. The number of nitrogens with zero attached hydrogens (tertiary/aromatic N) is 1. The van der Waals surface area contributed by atoms with Gasteiger partial charge in [0.05, 0.1) is 13.2 Å². The zero-order chi connectivity index (χ0) is 13.4. The van der Waals surface area contributed by atoms with E-state index in [4.69, 9.17) is 10.5 Å². The molecule has 0 bridgehead atoms. The summed E-state index contributed by atoms with van der Waals surface area (Å²) in [6.45, 7) is 2.79. The molecule has 3 N–H and O–H groups in total. The number of ether oxygens (including phenoxy) is 1. The molecule has 1 rings (SSSR count).